The molecule has 0 atom stereocenters. The summed E-state index contributed by atoms with van der Waals surface area (Å²) in [6.07, 6.45) is 13.4. The van der Waals surface area contributed by atoms with Gasteiger partial charge < -0.3 is 4.98 Å². The van der Waals surface area contributed by atoms with Crippen LogP contribution in [0.25, 0.3) is 0 Å². The lowest BCUT2D eigenvalue weighted by atomic mass is 9.89. The molecule has 0 aliphatic carbocycles. The summed E-state index contributed by atoms with van der Waals surface area (Å²) in [5, 5.41) is 0. The number of rotatable bonds is 11. The Balaban J connectivity index is 2.65. The van der Waals surface area contributed by atoms with Crippen molar-refractivity contribution in [2.24, 2.45) is 0 Å². The molecule has 4 heteroatoms. The van der Waals surface area contributed by atoms with Gasteiger partial charge in [-0.25, -0.2) is 4.79 Å². The Kier molecular flexibility index (Phi) is 8.79. The quantitative estimate of drug-likeness (QED) is 0.604. The van der Waals surface area contributed by atoms with Gasteiger partial charge in [-0.05, 0) is 18.8 Å². The summed E-state index contributed by atoms with van der Waals surface area (Å²) in [5.41, 5.74) is 0.122. The van der Waals surface area contributed by atoms with E-state index >= 15 is 0 Å². The third kappa shape index (κ3) is 6.78. The Morgan fingerprint density at radius 3 is 1.95 bits per heavy atom. The lowest BCUT2D eigenvalue weighted by molar-refractivity contribution is 0.492. The number of unbranched alkanes of at least 4 members (excludes halogenated alkanes) is 6. The SMILES string of the molecule is CCCCCCC(CCCCCC)c1c[nH]c(=O)[nH]c1=O. The van der Waals surface area contributed by atoms with Crippen LogP contribution in [0.4, 0.5) is 0 Å². The van der Waals surface area contributed by atoms with Crippen molar-refractivity contribution >= 4 is 0 Å². The molecule has 0 amide bonds. The molecule has 0 aliphatic rings. The van der Waals surface area contributed by atoms with Crippen LogP contribution >= 0.6 is 0 Å². The summed E-state index contributed by atoms with van der Waals surface area (Å²) >= 11 is 0. The minimum absolute atomic E-state index is 0.213. The first-order valence-electron chi connectivity index (χ1n) is 8.50. The fourth-order valence-corrected chi connectivity index (χ4v) is 2.81. The van der Waals surface area contributed by atoms with Crippen molar-refractivity contribution in [2.45, 2.75) is 84.0 Å². The molecule has 21 heavy (non-hydrogen) atoms. The number of nitrogens with one attached hydrogen (secondary N) is 2. The van der Waals surface area contributed by atoms with E-state index in [4.69, 9.17) is 0 Å². The van der Waals surface area contributed by atoms with E-state index in [2.05, 4.69) is 23.8 Å². The minimum atomic E-state index is -0.417. The Morgan fingerprint density at radius 1 is 0.905 bits per heavy atom. The number of H-pyrrole nitrogens is 2. The molecule has 4 nitrogen and oxygen atoms in total. The average Bonchev–Trinajstić information content (AvgIpc) is 2.46. The molecule has 0 fully saturated rings. The van der Waals surface area contributed by atoms with Gasteiger partial charge >= 0.3 is 5.69 Å². The smallest absolute Gasteiger partial charge is 0.314 e. The third-order valence-corrected chi connectivity index (χ3v) is 4.10. The van der Waals surface area contributed by atoms with Crippen molar-refractivity contribution in [1.82, 2.24) is 9.97 Å². The molecule has 0 spiro atoms. The third-order valence-electron chi connectivity index (χ3n) is 4.10. The van der Waals surface area contributed by atoms with Crippen LogP contribution < -0.4 is 11.2 Å². The first-order chi connectivity index (χ1) is 10.2. The summed E-state index contributed by atoms with van der Waals surface area (Å²) in [5.74, 6) is 0.277. The second kappa shape index (κ2) is 10.4. The van der Waals surface area contributed by atoms with Crippen molar-refractivity contribution in [1.29, 1.82) is 0 Å². The molecule has 0 bridgehead atoms. The second-order valence-corrected chi connectivity index (χ2v) is 5.92. The Labute approximate surface area is 127 Å². The van der Waals surface area contributed by atoms with Crippen molar-refractivity contribution in [3.05, 3.63) is 32.6 Å². The van der Waals surface area contributed by atoms with E-state index in [1.807, 2.05) is 0 Å². The van der Waals surface area contributed by atoms with Gasteiger partial charge in [0.05, 0.1) is 0 Å². The summed E-state index contributed by atoms with van der Waals surface area (Å²) < 4.78 is 0. The first kappa shape index (κ1) is 17.7. The van der Waals surface area contributed by atoms with Crippen LogP contribution in [0, 0.1) is 0 Å². The van der Waals surface area contributed by atoms with Crippen LogP contribution in [0.2, 0.25) is 0 Å². The lowest BCUT2D eigenvalue weighted by Crippen LogP contribution is -2.26. The number of hydrogen-bond donors (Lipinski definition) is 2. The largest absolute Gasteiger partial charge is 0.325 e. The normalized spacial score (nSPS) is 11.2. The van der Waals surface area contributed by atoms with Crippen molar-refractivity contribution < 1.29 is 0 Å². The van der Waals surface area contributed by atoms with E-state index in [0.29, 0.717) is 0 Å². The molecule has 2 N–H and O–H groups in total. The maximum absolute atomic E-state index is 12.0. The molecule has 0 saturated heterocycles. The Bertz CT molecular complexity index is 478. The van der Waals surface area contributed by atoms with E-state index < -0.39 is 5.69 Å². The summed E-state index contributed by atoms with van der Waals surface area (Å²) in [4.78, 5) is 28.1. The Morgan fingerprint density at radius 2 is 1.48 bits per heavy atom. The number of hydrogen-bond acceptors (Lipinski definition) is 2. The van der Waals surface area contributed by atoms with Gasteiger partial charge in [-0.3, -0.25) is 9.78 Å². The fourth-order valence-electron chi connectivity index (χ4n) is 2.81. The Hall–Kier alpha value is -1.32. The molecule has 0 unspecified atom stereocenters. The molecule has 1 aromatic heterocycles. The van der Waals surface area contributed by atoms with Gasteiger partial charge in [0, 0.05) is 11.8 Å². The molecular formula is C17H30N2O2. The fraction of sp³-hybridized carbons (Fsp3) is 0.765. The van der Waals surface area contributed by atoms with Gasteiger partial charge in [-0.15, -0.1) is 0 Å². The summed E-state index contributed by atoms with van der Waals surface area (Å²) in [6, 6.07) is 0. The van der Waals surface area contributed by atoms with E-state index in [9.17, 15) is 9.59 Å². The van der Waals surface area contributed by atoms with E-state index in [1.54, 1.807) is 6.20 Å². The highest BCUT2D eigenvalue weighted by Crippen LogP contribution is 2.25. The average molecular weight is 294 g/mol. The predicted molar refractivity (Wildman–Crippen MR) is 87.9 cm³/mol. The second-order valence-electron chi connectivity index (χ2n) is 5.92. The molecular weight excluding hydrogens is 264 g/mol. The van der Waals surface area contributed by atoms with Gasteiger partial charge in [0.1, 0.15) is 0 Å². The summed E-state index contributed by atoms with van der Waals surface area (Å²) in [6.45, 7) is 4.41. The van der Waals surface area contributed by atoms with Crippen molar-refractivity contribution in [2.75, 3.05) is 0 Å². The monoisotopic (exact) mass is 294 g/mol. The van der Waals surface area contributed by atoms with Crippen LogP contribution in [0.1, 0.15) is 89.5 Å². The minimum Gasteiger partial charge on any atom is -0.314 e. The molecule has 1 aromatic rings. The molecule has 1 rings (SSSR count). The molecule has 1 heterocycles. The molecule has 120 valence electrons. The van der Waals surface area contributed by atoms with Gasteiger partial charge in [0.2, 0.25) is 0 Å². The van der Waals surface area contributed by atoms with Crippen LogP contribution in [0.5, 0.6) is 0 Å². The molecule has 0 aliphatic heterocycles. The van der Waals surface area contributed by atoms with Crippen molar-refractivity contribution in [3.63, 3.8) is 0 Å². The topological polar surface area (TPSA) is 65.7 Å². The highest BCUT2D eigenvalue weighted by Gasteiger charge is 2.15. The van der Waals surface area contributed by atoms with Crippen LogP contribution in [-0.2, 0) is 0 Å². The van der Waals surface area contributed by atoms with E-state index in [1.165, 1.54) is 38.5 Å². The van der Waals surface area contributed by atoms with Gasteiger partial charge in [-0.1, -0.05) is 65.2 Å². The van der Waals surface area contributed by atoms with Crippen LogP contribution in [0.3, 0.4) is 0 Å². The zero-order valence-corrected chi connectivity index (χ0v) is 13.5. The first-order valence-corrected chi connectivity index (χ1v) is 8.50. The maximum atomic E-state index is 12.0. The molecule has 0 saturated carbocycles. The summed E-state index contributed by atoms with van der Waals surface area (Å²) in [7, 11) is 0. The van der Waals surface area contributed by atoms with Crippen molar-refractivity contribution in [3.8, 4) is 0 Å². The van der Waals surface area contributed by atoms with Gasteiger partial charge in [0.25, 0.3) is 5.56 Å². The van der Waals surface area contributed by atoms with E-state index in [0.717, 1.165) is 31.2 Å². The molecule has 0 radical (unpaired) electrons. The lowest BCUT2D eigenvalue weighted by Gasteiger charge is -2.16. The highest BCUT2D eigenvalue weighted by atomic mass is 16.2. The zero-order chi connectivity index (χ0) is 15.5. The molecule has 0 aromatic carbocycles. The van der Waals surface area contributed by atoms with Gasteiger partial charge in [0.15, 0.2) is 0 Å². The van der Waals surface area contributed by atoms with Crippen LogP contribution in [-0.4, -0.2) is 9.97 Å². The van der Waals surface area contributed by atoms with Gasteiger partial charge in [-0.2, -0.15) is 0 Å². The highest BCUT2D eigenvalue weighted by molar-refractivity contribution is 5.10. The number of aromatic nitrogens is 2. The predicted octanol–water partition coefficient (Wildman–Crippen LogP) is 4.09. The van der Waals surface area contributed by atoms with Crippen LogP contribution in [0.15, 0.2) is 15.8 Å². The zero-order valence-electron chi connectivity index (χ0n) is 13.5. The van der Waals surface area contributed by atoms with E-state index in [-0.39, 0.29) is 11.5 Å². The number of aromatic amines is 2. The standard InChI is InChI=1S/C17H30N2O2/c1-3-5-7-9-11-14(12-10-8-6-4-2)15-13-18-17(21)19-16(15)20/h13-14H,3-12H2,1-2H3,(H2,18,19,20,21). The maximum Gasteiger partial charge on any atom is 0.325 e.